The van der Waals surface area contributed by atoms with Gasteiger partial charge in [0, 0.05) is 12.6 Å². The lowest BCUT2D eigenvalue weighted by atomic mass is 10.0. The van der Waals surface area contributed by atoms with E-state index in [9.17, 15) is 22.8 Å². The third-order valence-electron chi connectivity index (χ3n) is 3.47. The second-order valence-electron chi connectivity index (χ2n) is 5.09. The normalized spacial score (nSPS) is 21.7. The van der Waals surface area contributed by atoms with Crippen molar-refractivity contribution >= 4 is 11.9 Å². The number of carbonyl (C=O) groups excluding carboxylic acids is 2. The molecule has 1 saturated heterocycles. The number of carbonyl (C=O) groups is 2. The average molecular weight is 310 g/mol. The third kappa shape index (κ3) is 6.30. The number of alkyl halides is 3. The van der Waals surface area contributed by atoms with E-state index in [2.05, 4.69) is 5.32 Å². The predicted octanol–water partition coefficient (Wildman–Crippen LogP) is 0.447. The summed E-state index contributed by atoms with van der Waals surface area (Å²) in [6, 6.07) is -1.43. The molecule has 3 N–H and O–H groups in total. The van der Waals surface area contributed by atoms with E-state index < -0.39 is 30.7 Å². The number of likely N-dealkylation sites (N-methyl/N-ethyl adjacent to an activating group) is 1. The summed E-state index contributed by atoms with van der Waals surface area (Å²) in [6.45, 7) is 1.54. The van der Waals surface area contributed by atoms with Gasteiger partial charge in [-0.15, -0.1) is 0 Å². The first kappa shape index (κ1) is 17.7. The zero-order valence-corrected chi connectivity index (χ0v) is 12.1. The van der Waals surface area contributed by atoms with Gasteiger partial charge in [0.2, 0.25) is 5.91 Å². The van der Waals surface area contributed by atoms with Crippen molar-refractivity contribution in [1.82, 2.24) is 20.9 Å². The van der Waals surface area contributed by atoms with Gasteiger partial charge in [0.15, 0.2) is 0 Å². The molecule has 9 heteroatoms. The Kier molecular flexibility index (Phi) is 6.41. The van der Waals surface area contributed by atoms with Crippen LogP contribution in [-0.4, -0.2) is 61.8 Å². The molecule has 0 aliphatic carbocycles. The zero-order chi connectivity index (χ0) is 16.0. The van der Waals surface area contributed by atoms with Crippen LogP contribution in [0.25, 0.3) is 0 Å². The van der Waals surface area contributed by atoms with Crippen LogP contribution >= 0.6 is 0 Å². The fraction of sp³-hybridized carbons (Fsp3) is 0.833. The maximum absolute atomic E-state index is 11.9. The highest BCUT2D eigenvalue weighted by molar-refractivity contribution is 5.96. The minimum Gasteiger partial charge on any atom is -0.329 e. The Morgan fingerprint density at radius 1 is 1.38 bits per heavy atom. The Bertz CT molecular complexity index is 376. The van der Waals surface area contributed by atoms with Crippen LogP contribution in [0, 0.1) is 0 Å². The molecule has 1 aliphatic rings. The number of imide groups is 1. The quantitative estimate of drug-likeness (QED) is 0.705. The van der Waals surface area contributed by atoms with Crippen molar-refractivity contribution in [3.8, 4) is 0 Å². The van der Waals surface area contributed by atoms with Crippen molar-refractivity contribution in [3.05, 3.63) is 0 Å². The van der Waals surface area contributed by atoms with Gasteiger partial charge in [0.05, 0.1) is 6.04 Å². The molecule has 0 aromatic carbocycles. The molecule has 0 saturated carbocycles. The highest BCUT2D eigenvalue weighted by Crippen LogP contribution is 2.13. The Morgan fingerprint density at radius 2 is 2.05 bits per heavy atom. The van der Waals surface area contributed by atoms with Gasteiger partial charge in [-0.1, -0.05) is 0 Å². The van der Waals surface area contributed by atoms with E-state index in [1.54, 1.807) is 12.2 Å². The Labute approximate surface area is 121 Å². The summed E-state index contributed by atoms with van der Waals surface area (Å²) in [6.07, 6.45) is -2.57. The maximum Gasteiger partial charge on any atom is 0.405 e. The van der Waals surface area contributed by atoms with E-state index in [0.29, 0.717) is 6.54 Å². The smallest absolute Gasteiger partial charge is 0.329 e. The van der Waals surface area contributed by atoms with Crippen LogP contribution in [0.15, 0.2) is 0 Å². The van der Waals surface area contributed by atoms with Gasteiger partial charge in [0.25, 0.3) is 0 Å². The first-order valence-corrected chi connectivity index (χ1v) is 6.79. The van der Waals surface area contributed by atoms with E-state index in [-0.39, 0.29) is 6.04 Å². The standard InChI is InChI=1S/C12H21F3N4O2/c1-8(19-5-3-4-9(6-19)16-2)10(20)18-11(21)17-7-12(13,14)15/h8-9,16H,3-7H2,1-2H3,(H2,17,18,20,21). The largest absolute Gasteiger partial charge is 0.405 e. The van der Waals surface area contributed by atoms with Crippen molar-refractivity contribution in [2.24, 2.45) is 0 Å². The number of nitrogens with zero attached hydrogens (tertiary/aromatic N) is 1. The van der Waals surface area contributed by atoms with E-state index in [1.807, 2.05) is 17.3 Å². The van der Waals surface area contributed by atoms with E-state index in [0.717, 1.165) is 19.4 Å². The van der Waals surface area contributed by atoms with Crippen molar-refractivity contribution in [1.29, 1.82) is 0 Å². The molecule has 0 radical (unpaired) electrons. The van der Waals surface area contributed by atoms with E-state index in [4.69, 9.17) is 0 Å². The summed E-state index contributed by atoms with van der Waals surface area (Å²) in [5, 5.41) is 6.66. The maximum atomic E-state index is 11.9. The van der Waals surface area contributed by atoms with Crippen LogP contribution in [-0.2, 0) is 4.79 Å². The molecular formula is C12H21F3N4O2. The molecule has 2 unspecified atom stereocenters. The zero-order valence-electron chi connectivity index (χ0n) is 12.1. The number of halogens is 3. The molecule has 1 heterocycles. The lowest BCUT2D eigenvalue weighted by Gasteiger charge is -2.35. The molecule has 1 fully saturated rings. The number of likely N-dealkylation sites (tertiary alicyclic amines) is 1. The van der Waals surface area contributed by atoms with Crippen LogP contribution in [0.5, 0.6) is 0 Å². The number of hydrogen-bond donors (Lipinski definition) is 3. The average Bonchev–Trinajstić information content (AvgIpc) is 2.43. The van der Waals surface area contributed by atoms with Gasteiger partial charge >= 0.3 is 12.2 Å². The van der Waals surface area contributed by atoms with Gasteiger partial charge < -0.3 is 10.6 Å². The molecule has 1 aliphatic heterocycles. The summed E-state index contributed by atoms with van der Waals surface area (Å²) < 4.78 is 35.8. The van der Waals surface area contributed by atoms with Crippen molar-refractivity contribution in [2.75, 3.05) is 26.7 Å². The molecule has 3 amide bonds. The SMILES string of the molecule is CNC1CCCN(C(C)C(=O)NC(=O)NCC(F)(F)F)C1. The summed E-state index contributed by atoms with van der Waals surface area (Å²) in [7, 11) is 1.84. The van der Waals surface area contributed by atoms with Crippen molar-refractivity contribution < 1.29 is 22.8 Å². The Hall–Kier alpha value is -1.35. The Balaban J connectivity index is 2.41. The first-order chi connectivity index (χ1) is 9.73. The first-order valence-electron chi connectivity index (χ1n) is 6.79. The van der Waals surface area contributed by atoms with Gasteiger partial charge in [-0.2, -0.15) is 13.2 Å². The number of urea groups is 1. The minimum absolute atomic E-state index is 0.271. The van der Waals surface area contributed by atoms with Crippen LogP contribution in [0.1, 0.15) is 19.8 Å². The van der Waals surface area contributed by atoms with Gasteiger partial charge in [-0.25, -0.2) is 4.79 Å². The number of nitrogens with one attached hydrogen (secondary N) is 3. The van der Waals surface area contributed by atoms with Gasteiger partial charge in [-0.05, 0) is 33.4 Å². The van der Waals surface area contributed by atoms with E-state index >= 15 is 0 Å². The molecule has 0 bridgehead atoms. The molecule has 21 heavy (non-hydrogen) atoms. The summed E-state index contributed by atoms with van der Waals surface area (Å²) in [5.74, 6) is -0.605. The van der Waals surface area contributed by atoms with Crippen LogP contribution in [0.2, 0.25) is 0 Å². The number of amides is 3. The van der Waals surface area contributed by atoms with Crippen molar-refractivity contribution in [2.45, 2.75) is 38.0 Å². The number of hydrogen-bond acceptors (Lipinski definition) is 4. The van der Waals surface area contributed by atoms with Gasteiger partial charge in [0.1, 0.15) is 6.54 Å². The van der Waals surface area contributed by atoms with Gasteiger partial charge in [-0.3, -0.25) is 15.0 Å². The van der Waals surface area contributed by atoms with Crippen molar-refractivity contribution in [3.63, 3.8) is 0 Å². The summed E-state index contributed by atoms with van der Waals surface area (Å²) in [5.41, 5.74) is 0. The fourth-order valence-corrected chi connectivity index (χ4v) is 2.20. The predicted molar refractivity (Wildman–Crippen MR) is 70.7 cm³/mol. The lowest BCUT2D eigenvalue weighted by molar-refractivity contribution is -0.127. The molecule has 0 aromatic rings. The molecule has 0 aromatic heterocycles. The molecular weight excluding hydrogens is 289 g/mol. The topological polar surface area (TPSA) is 73.5 Å². The Morgan fingerprint density at radius 3 is 2.62 bits per heavy atom. The number of piperidine rings is 1. The third-order valence-corrected chi connectivity index (χ3v) is 3.47. The second kappa shape index (κ2) is 7.60. The monoisotopic (exact) mass is 310 g/mol. The highest BCUT2D eigenvalue weighted by Gasteiger charge is 2.30. The van der Waals surface area contributed by atoms with Crippen LogP contribution in [0.3, 0.4) is 0 Å². The minimum atomic E-state index is -4.50. The fourth-order valence-electron chi connectivity index (χ4n) is 2.20. The molecule has 6 nitrogen and oxygen atoms in total. The van der Waals surface area contributed by atoms with Crippen LogP contribution < -0.4 is 16.0 Å². The second-order valence-corrected chi connectivity index (χ2v) is 5.09. The van der Waals surface area contributed by atoms with E-state index in [1.165, 1.54) is 0 Å². The summed E-state index contributed by atoms with van der Waals surface area (Å²) >= 11 is 0. The number of rotatable bonds is 4. The van der Waals surface area contributed by atoms with Crippen LogP contribution in [0.4, 0.5) is 18.0 Å². The molecule has 1 rings (SSSR count). The highest BCUT2D eigenvalue weighted by atomic mass is 19.4. The molecule has 122 valence electrons. The molecule has 2 atom stereocenters. The molecule has 0 spiro atoms. The lowest BCUT2D eigenvalue weighted by Crippen LogP contribution is -2.55. The summed E-state index contributed by atoms with van der Waals surface area (Å²) in [4.78, 5) is 25.0.